The van der Waals surface area contributed by atoms with Crippen LogP contribution in [0.15, 0.2) is 35.1 Å². The summed E-state index contributed by atoms with van der Waals surface area (Å²) in [5.74, 6) is 2.23. The van der Waals surface area contributed by atoms with Crippen molar-refractivity contribution in [3.8, 4) is 11.5 Å². The molecule has 0 saturated heterocycles. The summed E-state index contributed by atoms with van der Waals surface area (Å²) in [6.07, 6.45) is 4.56. The van der Waals surface area contributed by atoms with Crippen LogP contribution in [0.25, 0.3) is 11.8 Å². The molecule has 0 amide bonds. The molecule has 0 atom stereocenters. The van der Waals surface area contributed by atoms with Gasteiger partial charge in [0.05, 0.1) is 13.7 Å². The zero-order chi connectivity index (χ0) is 18.0. The maximum absolute atomic E-state index is 11.6. The average molecular weight is 339 g/mol. The van der Waals surface area contributed by atoms with Crippen LogP contribution in [0.2, 0.25) is 0 Å². The van der Waals surface area contributed by atoms with Crippen molar-refractivity contribution in [1.82, 2.24) is 4.57 Å². The average Bonchev–Trinajstić information content (AvgIpc) is 3.40. The van der Waals surface area contributed by atoms with Crippen LogP contribution < -0.4 is 14.9 Å². The van der Waals surface area contributed by atoms with Gasteiger partial charge in [-0.25, -0.2) is 0 Å². The van der Waals surface area contributed by atoms with Crippen LogP contribution >= 0.6 is 0 Å². The number of hydrogen-bond acceptors (Lipinski definition) is 3. The Bertz CT molecular complexity index is 834. The van der Waals surface area contributed by atoms with Crippen molar-refractivity contribution in [2.45, 2.75) is 33.6 Å². The highest BCUT2D eigenvalue weighted by atomic mass is 16.5. The minimum absolute atomic E-state index is 0.0394. The molecule has 0 spiro atoms. The molecule has 1 aliphatic carbocycles. The lowest BCUT2D eigenvalue weighted by atomic mass is 10.1. The van der Waals surface area contributed by atoms with Crippen LogP contribution in [-0.2, 0) is 0 Å². The van der Waals surface area contributed by atoms with Gasteiger partial charge >= 0.3 is 0 Å². The number of ether oxygens (including phenoxy) is 2. The first-order chi connectivity index (χ1) is 12.0. The smallest absolute Gasteiger partial charge is 0.182 e. The highest BCUT2D eigenvalue weighted by molar-refractivity contribution is 5.75. The first kappa shape index (κ1) is 17.3. The Kier molecular flexibility index (Phi) is 4.98. The lowest BCUT2D eigenvalue weighted by Gasteiger charge is -2.14. The van der Waals surface area contributed by atoms with E-state index >= 15 is 0 Å². The summed E-state index contributed by atoms with van der Waals surface area (Å²) < 4.78 is 13.4. The molecule has 0 unspecified atom stereocenters. The second-order valence-corrected chi connectivity index (χ2v) is 6.78. The quantitative estimate of drug-likeness (QED) is 0.789. The first-order valence-electron chi connectivity index (χ1n) is 8.67. The normalized spacial score (nSPS) is 14.5. The minimum atomic E-state index is 0.0394. The van der Waals surface area contributed by atoms with Crippen molar-refractivity contribution < 1.29 is 9.47 Å². The van der Waals surface area contributed by atoms with Gasteiger partial charge in [-0.2, -0.15) is 0 Å². The molecule has 0 N–H and O–H groups in total. The van der Waals surface area contributed by atoms with Gasteiger partial charge in [0.25, 0.3) is 0 Å². The van der Waals surface area contributed by atoms with E-state index in [0.29, 0.717) is 5.92 Å². The molecule has 4 heteroatoms. The molecule has 1 aliphatic rings. The summed E-state index contributed by atoms with van der Waals surface area (Å²) in [5.41, 5.74) is 4.04. The molecule has 1 aromatic carbocycles. The Morgan fingerprint density at radius 1 is 1.16 bits per heavy atom. The van der Waals surface area contributed by atoms with Gasteiger partial charge in [0.2, 0.25) is 0 Å². The zero-order valence-electron chi connectivity index (χ0n) is 15.3. The van der Waals surface area contributed by atoms with Gasteiger partial charge in [-0.05, 0) is 62.8 Å². The van der Waals surface area contributed by atoms with Crippen LogP contribution in [-0.4, -0.2) is 18.3 Å². The Hall–Kier alpha value is -2.49. The summed E-state index contributed by atoms with van der Waals surface area (Å²) in [7, 11) is 1.66. The lowest BCUT2D eigenvalue weighted by Crippen LogP contribution is -2.08. The van der Waals surface area contributed by atoms with Crippen molar-refractivity contribution in [1.29, 1.82) is 0 Å². The van der Waals surface area contributed by atoms with Gasteiger partial charge in [0, 0.05) is 29.7 Å². The van der Waals surface area contributed by atoms with E-state index in [1.54, 1.807) is 19.2 Å². The van der Waals surface area contributed by atoms with Crippen LogP contribution in [0.3, 0.4) is 0 Å². The van der Waals surface area contributed by atoms with Crippen LogP contribution in [0, 0.1) is 19.8 Å². The molecule has 132 valence electrons. The van der Waals surface area contributed by atoms with Crippen molar-refractivity contribution >= 4 is 11.8 Å². The fourth-order valence-corrected chi connectivity index (χ4v) is 2.87. The fourth-order valence-electron chi connectivity index (χ4n) is 2.87. The Morgan fingerprint density at radius 2 is 1.84 bits per heavy atom. The third-order valence-corrected chi connectivity index (χ3v) is 4.58. The molecule has 0 bridgehead atoms. The van der Waals surface area contributed by atoms with E-state index in [0.717, 1.165) is 40.6 Å². The number of allylic oxidation sites excluding steroid dienone is 1. The van der Waals surface area contributed by atoms with E-state index in [-0.39, 0.29) is 5.43 Å². The number of hydrogen-bond donors (Lipinski definition) is 0. The summed E-state index contributed by atoms with van der Waals surface area (Å²) in [4.78, 5) is 11.6. The first-order valence-corrected chi connectivity index (χ1v) is 8.67. The number of pyridine rings is 1. The van der Waals surface area contributed by atoms with E-state index in [2.05, 4.69) is 13.1 Å². The van der Waals surface area contributed by atoms with E-state index in [1.807, 2.05) is 36.6 Å². The van der Waals surface area contributed by atoms with Gasteiger partial charge < -0.3 is 14.0 Å². The SMILES string of the molecule is COc1ccc(C(C)=Cn2c(C)cc(=O)cc2C)cc1OCC1CC1. The van der Waals surface area contributed by atoms with Gasteiger partial charge in [-0.1, -0.05) is 6.07 Å². The van der Waals surface area contributed by atoms with Crippen molar-refractivity contribution in [3.05, 3.63) is 57.5 Å². The fraction of sp³-hybridized carbons (Fsp3) is 0.381. The molecule has 0 radical (unpaired) electrons. The van der Waals surface area contributed by atoms with Crippen molar-refractivity contribution in [2.24, 2.45) is 5.92 Å². The molecule has 1 heterocycles. The Balaban J connectivity index is 1.92. The highest BCUT2D eigenvalue weighted by Crippen LogP contribution is 2.34. The third kappa shape index (κ3) is 4.13. The van der Waals surface area contributed by atoms with E-state index in [4.69, 9.17) is 9.47 Å². The van der Waals surface area contributed by atoms with E-state index in [1.165, 1.54) is 12.8 Å². The maximum Gasteiger partial charge on any atom is 0.182 e. The molecule has 1 aromatic heterocycles. The number of aromatic nitrogens is 1. The van der Waals surface area contributed by atoms with Crippen molar-refractivity contribution in [3.63, 3.8) is 0 Å². The second-order valence-electron chi connectivity index (χ2n) is 6.78. The van der Waals surface area contributed by atoms with Gasteiger partial charge in [0.1, 0.15) is 0 Å². The topological polar surface area (TPSA) is 40.5 Å². The van der Waals surface area contributed by atoms with Gasteiger partial charge in [-0.15, -0.1) is 0 Å². The lowest BCUT2D eigenvalue weighted by molar-refractivity contribution is 0.280. The van der Waals surface area contributed by atoms with Crippen LogP contribution in [0.5, 0.6) is 11.5 Å². The monoisotopic (exact) mass is 339 g/mol. The predicted molar refractivity (Wildman–Crippen MR) is 101 cm³/mol. The number of rotatable bonds is 6. The Morgan fingerprint density at radius 3 is 2.44 bits per heavy atom. The summed E-state index contributed by atoms with van der Waals surface area (Å²) in [6.45, 7) is 6.69. The predicted octanol–water partition coefficient (Wildman–Crippen LogP) is 4.28. The number of benzene rings is 1. The highest BCUT2D eigenvalue weighted by Gasteiger charge is 2.22. The van der Waals surface area contributed by atoms with Crippen molar-refractivity contribution in [2.75, 3.05) is 13.7 Å². The summed E-state index contributed by atoms with van der Waals surface area (Å²) in [6, 6.07) is 9.30. The maximum atomic E-state index is 11.6. The minimum Gasteiger partial charge on any atom is -0.493 e. The summed E-state index contributed by atoms with van der Waals surface area (Å²) >= 11 is 0. The second kappa shape index (κ2) is 7.18. The van der Waals surface area contributed by atoms with Crippen LogP contribution in [0.4, 0.5) is 0 Å². The molecule has 1 saturated carbocycles. The van der Waals surface area contributed by atoms with Gasteiger partial charge in [-0.3, -0.25) is 4.79 Å². The molecular weight excluding hydrogens is 314 g/mol. The van der Waals surface area contributed by atoms with E-state index < -0.39 is 0 Å². The van der Waals surface area contributed by atoms with E-state index in [9.17, 15) is 4.79 Å². The third-order valence-electron chi connectivity index (χ3n) is 4.58. The largest absolute Gasteiger partial charge is 0.493 e. The Labute approximate surface area is 148 Å². The zero-order valence-corrected chi connectivity index (χ0v) is 15.3. The standard InChI is InChI=1S/C21H25NO3/c1-14(12-22-15(2)9-19(23)10-16(22)3)18-7-8-20(24-4)21(11-18)25-13-17-5-6-17/h7-12,17H,5-6,13H2,1-4H3. The molecule has 4 nitrogen and oxygen atoms in total. The molecule has 0 aliphatic heterocycles. The molecular formula is C21H25NO3. The number of aryl methyl sites for hydroxylation is 2. The molecule has 3 rings (SSSR count). The molecule has 1 fully saturated rings. The van der Waals surface area contributed by atoms with Gasteiger partial charge in [0.15, 0.2) is 16.9 Å². The molecule has 2 aromatic rings. The number of nitrogens with zero attached hydrogens (tertiary/aromatic N) is 1. The summed E-state index contributed by atoms with van der Waals surface area (Å²) in [5, 5.41) is 0. The number of methoxy groups -OCH3 is 1. The van der Waals surface area contributed by atoms with Crippen LogP contribution in [0.1, 0.15) is 36.7 Å². The molecule has 25 heavy (non-hydrogen) atoms.